The molecule has 2 nitrogen and oxygen atoms in total. The van der Waals surface area contributed by atoms with Gasteiger partial charge in [-0.15, -0.1) is 0 Å². The average Bonchev–Trinajstić information content (AvgIpc) is 3.49. The third-order valence-corrected chi connectivity index (χ3v) is 7.96. The Kier molecular flexibility index (Phi) is 4.77. The van der Waals surface area contributed by atoms with E-state index in [1.807, 2.05) is 0 Å². The zero-order valence-corrected chi connectivity index (χ0v) is 21.7. The van der Waals surface area contributed by atoms with Gasteiger partial charge in [0.1, 0.15) is 0 Å². The first-order valence-corrected chi connectivity index (χ1v) is 13.5. The van der Waals surface area contributed by atoms with Gasteiger partial charge in [-0.25, -0.2) is 0 Å². The second-order valence-corrected chi connectivity index (χ2v) is 10.3. The first-order chi connectivity index (χ1) is 19.3. The van der Waals surface area contributed by atoms with Crippen molar-refractivity contribution in [1.82, 2.24) is 9.13 Å². The Morgan fingerprint density at radius 3 is 1.46 bits per heavy atom. The molecule has 0 saturated carbocycles. The van der Waals surface area contributed by atoms with Crippen molar-refractivity contribution in [3.05, 3.63) is 145 Å². The van der Waals surface area contributed by atoms with Crippen LogP contribution in [0.2, 0.25) is 0 Å². The molecule has 0 amide bonds. The van der Waals surface area contributed by atoms with E-state index in [2.05, 4.69) is 156 Å². The number of benzene rings is 6. The first kappa shape index (κ1) is 22.0. The summed E-state index contributed by atoms with van der Waals surface area (Å²) in [6, 6.07) is 50.6. The third-order valence-electron chi connectivity index (χ3n) is 7.96. The predicted octanol–water partition coefficient (Wildman–Crippen LogP) is 9.86. The number of nitrogens with zero attached hydrogens (tertiary/aromatic N) is 2. The molecular formula is C37H26N2. The minimum absolute atomic E-state index is 1.18. The van der Waals surface area contributed by atoms with Gasteiger partial charge in [-0.1, -0.05) is 78.9 Å². The summed E-state index contributed by atoms with van der Waals surface area (Å²) in [5, 5.41) is 5.10. The number of aryl methyl sites for hydroxylation is 1. The summed E-state index contributed by atoms with van der Waals surface area (Å²) in [5.41, 5.74) is 11.0. The lowest BCUT2D eigenvalue weighted by Gasteiger charge is -2.09. The van der Waals surface area contributed by atoms with E-state index in [9.17, 15) is 0 Å². The monoisotopic (exact) mass is 498 g/mol. The smallest absolute Gasteiger partial charge is 0.0543 e. The van der Waals surface area contributed by atoms with E-state index < -0.39 is 0 Å². The second kappa shape index (κ2) is 8.47. The Hall–Kier alpha value is -5.08. The standard InChI is InChI=1S/C37H26N2/c1-25-16-19-31-33-24-27(18-21-36(33)39(37(31)22-25)29-12-6-3-7-13-29)26-17-20-35-32(23-26)30-14-8-9-15-34(30)38(35)28-10-4-2-5-11-28/h2-24H,1H3. The molecule has 0 radical (unpaired) electrons. The van der Waals surface area contributed by atoms with Crippen LogP contribution in [0.15, 0.2) is 140 Å². The third kappa shape index (κ3) is 3.35. The van der Waals surface area contributed by atoms with Crippen LogP contribution in [0.3, 0.4) is 0 Å². The van der Waals surface area contributed by atoms with E-state index in [0.717, 1.165) is 0 Å². The molecule has 0 saturated heterocycles. The van der Waals surface area contributed by atoms with Gasteiger partial charge in [0.2, 0.25) is 0 Å². The van der Waals surface area contributed by atoms with Crippen molar-refractivity contribution in [3.8, 4) is 22.5 Å². The summed E-state index contributed by atoms with van der Waals surface area (Å²) in [4.78, 5) is 0. The van der Waals surface area contributed by atoms with Gasteiger partial charge in [-0.3, -0.25) is 0 Å². The van der Waals surface area contributed by atoms with Gasteiger partial charge in [0.25, 0.3) is 0 Å². The fraction of sp³-hybridized carbons (Fsp3) is 0.0270. The van der Waals surface area contributed by atoms with Crippen LogP contribution < -0.4 is 0 Å². The number of fused-ring (bicyclic) bond motifs is 6. The predicted molar refractivity (Wildman–Crippen MR) is 165 cm³/mol. The maximum absolute atomic E-state index is 2.39. The fourth-order valence-electron chi connectivity index (χ4n) is 6.17. The molecule has 8 rings (SSSR count). The van der Waals surface area contributed by atoms with Gasteiger partial charge >= 0.3 is 0 Å². The van der Waals surface area contributed by atoms with E-state index >= 15 is 0 Å². The first-order valence-electron chi connectivity index (χ1n) is 13.5. The van der Waals surface area contributed by atoms with Crippen LogP contribution in [-0.2, 0) is 0 Å². The molecule has 0 aliphatic heterocycles. The number of rotatable bonds is 3. The van der Waals surface area contributed by atoms with Crippen LogP contribution in [-0.4, -0.2) is 9.13 Å². The van der Waals surface area contributed by atoms with Crippen LogP contribution in [0, 0.1) is 6.92 Å². The largest absolute Gasteiger partial charge is 0.309 e. The lowest BCUT2D eigenvalue weighted by atomic mass is 10.0. The van der Waals surface area contributed by atoms with Gasteiger partial charge in [-0.2, -0.15) is 0 Å². The minimum atomic E-state index is 1.18. The molecular weight excluding hydrogens is 472 g/mol. The van der Waals surface area contributed by atoms with Gasteiger partial charge in [0, 0.05) is 32.9 Å². The molecule has 2 heteroatoms. The Morgan fingerprint density at radius 1 is 0.359 bits per heavy atom. The molecule has 0 aliphatic carbocycles. The summed E-state index contributed by atoms with van der Waals surface area (Å²) in [7, 11) is 0. The second-order valence-electron chi connectivity index (χ2n) is 10.3. The van der Waals surface area contributed by atoms with Gasteiger partial charge in [0.05, 0.1) is 22.1 Å². The van der Waals surface area contributed by atoms with Crippen molar-refractivity contribution in [2.75, 3.05) is 0 Å². The number of hydrogen-bond donors (Lipinski definition) is 0. The van der Waals surface area contributed by atoms with Crippen molar-refractivity contribution in [2.45, 2.75) is 6.92 Å². The molecule has 0 spiro atoms. The highest BCUT2D eigenvalue weighted by Crippen LogP contribution is 2.38. The van der Waals surface area contributed by atoms with Crippen LogP contribution in [0.1, 0.15) is 5.56 Å². The molecule has 0 fully saturated rings. The summed E-state index contributed by atoms with van der Waals surface area (Å²) in [6.07, 6.45) is 0. The average molecular weight is 499 g/mol. The highest BCUT2D eigenvalue weighted by Gasteiger charge is 2.16. The lowest BCUT2D eigenvalue weighted by molar-refractivity contribution is 1.18. The van der Waals surface area contributed by atoms with E-state index in [4.69, 9.17) is 0 Å². The van der Waals surface area contributed by atoms with Crippen LogP contribution >= 0.6 is 0 Å². The van der Waals surface area contributed by atoms with Crippen molar-refractivity contribution in [3.63, 3.8) is 0 Å². The van der Waals surface area contributed by atoms with Gasteiger partial charge in [0.15, 0.2) is 0 Å². The SMILES string of the molecule is Cc1ccc2c3cc(-c4ccc5c(c4)c4ccccc4n5-c4ccccc4)ccc3n(-c3ccccc3)c2c1. The van der Waals surface area contributed by atoms with E-state index in [1.54, 1.807) is 0 Å². The zero-order chi connectivity index (χ0) is 25.9. The number of para-hydroxylation sites is 3. The maximum Gasteiger partial charge on any atom is 0.0543 e. The highest BCUT2D eigenvalue weighted by atomic mass is 15.0. The van der Waals surface area contributed by atoms with E-state index in [1.165, 1.54) is 71.7 Å². The van der Waals surface area contributed by atoms with E-state index in [0.29, 0.717) is 0 Å². The molecule has 0 unspecified atom stereocenters. The Balaban J connectivity index is 1.37. The molecule has 0 N–H and O–H groups in total. The van der Waals surface area contributed by atoms with Gasteiger partial charge in [-0.05, 0) is 84.3 Å². The Labute approximate surface area is 227 Å². The van der Waals surface area contributed by atoms with Crippen molar-refractivity contribution in [2.24, 2.45) is 0 Å². The number of hydrogen-bond acceptors (Lipinski definition) is 0. The van der Waals surface area contributed by atoms with E-state index in [-0.39, 0.29) is 0 Å². The maximum atomic E-state index is 2.39. The molecule has 2 aromatic heterocycles. The summed E-state index contributed by atoms with van der Waals surface area (Å²) in [6.45, 7) is 2.17. The number of aromatic nitrogens is 2. The quantitative estimate of drug-likeness (QED) is 0.229. The molecule has 0 atom stereocenters. The molecule has 184 valence electrons. The van der Waals surface area contributed by atoms with Crippen molar-refractivity contribution in [1.29, 1.82) is 0 Å². The molecule has 0 bridgehead atoms. The molecule has 6 aromatic carbocycles. The summed E-state index contributed by atoms with van der Waals surface area (Å²) in [5.74, 6) is 0. The van der Waals surface area contributed by atoms with Crippen LogP contribution in [0.25, 0.3) is 66.1 Å². The molecule has 39 heavy (non-hydrogen) atoms. The molecule has 0 aliphatic rings. The van der Waals surface area contributed by atoms with Crippen LogP contribution in [0.4, 0.5) is 0 Å². The molecule has 8 aromatic rings. The van der Waals surface area contributed by atoms with Crippen molar-refractivity contribution < 1.29 is 0 Å². The Bertz CT molecular complexity index is 2160. The van der Waals surface area contributed by atoms with Crippen LogP contribution in [0.5, 0.6) is 0 Å². The van der Waals surface area contributed by atoms with Gasteiger partial charge < -0.3 is 9.13 Å². The fourth-order valence-corrected chi connectivity index (χ4v) is 6.17. The zero-order valence-electron chi connectivity index (χ0n) is 21.7. The topological polar surface area (TPSA) is 9.86 Å². The minimum Gasteiger partial charge on any atom is -0.309 e. The van der Waals surface area contributed by atoms with Crippen molar-refractivity contribution >= 4 is 43.6 Å². The normalized spacial score (nSPS) is 11.7. The highest BCUT2D eigenvalue weighted by molar-refractivity contribution is 6.12. The summed E-state index contributed by atoms with van der Waals surface area (Å²) < 4.78 is 4.76. The molecule has 2 heterocycles. The summed E-state index contributed by atoms with van der Waals surface area (Å²) >= 11 is 0. The Morgan fingerprint density at radius 2 is 0.846 bits per heavy atom. The lowest BCUT2D eigenvalue weighted by Crippen LogP contribution is -1.93.